The highest BCUT2D eigenvalue weighted by molar-refractivity contribution is 9.10. The van der Waals surface area contributed by atoms with E-state index in [1.165, 1.54) is 12.0 Å². The van der Waals surface area contributed by atoms with E-state index in [0.29, 0.717) is 32.8 Å². The highest BCUT2D eigenvalue weighted by atomic mass is 79.9. The highest BCUT2D eigenvalue weighted by Crippen LogP contribution is 2.43. The third-order valence-corrected chi connectivity index (χ3v) is 6.09. The molecule has 0 bridgehead atoms. The number of carbonyl (C=O) groups is 2. The molecule has 1 aliphatic heterocycles. The smallest absolute Gasteiger partial charge is 0.300 e. The van der Waals surface area contributed by atoms with Crippen molar-refractivity contribution in [1.82, 2.24) is 0 Å². The molecule has 3 aromatic rings. The van der Waals surface area contributed by atoms with Crippen LogP contribution in [0.2, 0.25) is 0 Å². The number of rotatable bonds is 6. The summed E-state index contributed by atoms with van der Waals surface area (Å²) in [6, 6.07) is 20.3. The quantitative estimate of drug-likeness (QED) is 0.249. The van der Waals surface area contributed by atoms with Gasteiger partial charge in [0.2, 0.25) is 0 Å². The Bertz CT molecular complexity index is 1250. The number of hydrogen-bond donors (Lipinski definition) is 1. The minimum absolute atomic E-state index is 0.00863. The maximum Gasteiger partial charge on any atom is 0.300 e. The predicted molar refractivity (Wildman–Crippen MR) is 134 cm³/mol. The standard InChI is InChI=1S/C27H24BrNO5/c1-16(2)34-20-12-9-17(10-13-20)24-23(25(30)18-11-14-22(33-3)21(28)15-18)26(31)27(32)29(24)19-7-5-4-6-8-19/h4-16,24,30H,1-3H3/b25-23-. The van der Waals surface area contributed by atoms with Crippen LogP contribution < -0.4 is 14.4 Å². The van der Waals surface area contributed by atoms with Gasteiger partial charge >= 0.3 is 0 Å². The lowest BCUT2D eigenvalue weighted by atomic mass is 9.95. The van der Waals surface area contributed by atoms with Gasteiger partial charge in [-0.2, -0.15) is 0 Å². The number of aliphatic hydroxyl groups excluding tert-OH is 1. The fourth-order valence-electron chi connectivity index (χ4n) is 3.97. The lowest BCUT2D eigenvalue weighted by molar-refractivity contribution is -0.132. The number of para-hydroxylation sites is 1. The third-order valence-electron chi connectivity index (χ3n) is 5.47. The molecule has 1 amide bonds. The molecule has 0 radical (unpaired) electrons. The van der Waals surface area contributed by atoms with E-state index in [2.05, 4.69) is 15.9 Å². The molecule has 1 heterocycles. The largest absolute Gasteiger partial charge is 0.507 e. The summed E-state index contributed by atoms with van der Waals surface area (Å²) in [4.78, 5) is 27.9. The zero-order valence-corrected chi connectivity index (χ0v) is 20.6. The van der Waals surface area contributed by atoms with Gasteiger partial charge in [-0.05, 0) is 77.8 Å². The number of aliphatic hydroxyl groups is 1. The highest BCUT2D eigenvalue weighted by Gasteiger charge is 2.47. The normalized spacial score (nSPS) is 17.3. The van der Waals surface area contributed by atoms with Crippen LogP contribution in [-0.4, -0.2) is 30.0 Å². The van der Waals surface area contributed by atoms with E-state index in [1.54, 1.807) is 66.7 Å². The number of halogens is 1. The van der Waals surface area contributed by atoms with Crippen LogP contribution in [0.4, 0.5) is 5.69 Å². The second-order valence-electron chi connectivity index (χ2n) is 8.09. The number of nitrogens with zero attached hydrogens (tertiary/aromatic N) is 1. The molecule has 1 atom stereocenters. The van der Waals surface area contributed by atoms with Gasteiger partial charge in [-0.1, -0.05) is 30.3 Å². The molecule has 1 N–H and O–H groups in total. The Morgan fingerprint density at radius 1 is 1.00 bits per heavy atom. The molecule has 34 heavy (non-hydrogen) atoms. The van der Waals surface area contributed by atoms with Crippen LogP contribution in [0.5, 0.6) is 11.5 Å². The molecule has 1 unspecified atom stereocenters. The summed E-state index contributed by atoms with van der Waals surface area (Å²) in [5.41, 5.74) is 1.65. The Kier molecular flexibility index (Phi) is 6.75. The van der Waals surface area contributed by atoms with E-state index in [-0.39, 0.29) is 17.4 Å². The van der Waals surface area contributed by atoms with Crippen molar-refractivity contribution in [1.29, 1.82) is 0 Å². The van der Waals surface area contributed by atoms with Gasteiger partial charge in [0, 0.05) is 11.3 Å². The second-order valence-corrected chi connectivity index (χ2v) is 8.94. The molecule has 0 aliphatic carbocycles. The average molecular weight is 522 g/mol. The number of benzene rings is 3. The summed E-state index contributed by atoms with van der Waals surface area (Å²) in [6.45, 7) is 3.87. The van der Waals surface area contributed by atoms with E-state index in [0.717, 1.165) is 0 Å². The van der Waals surface area contributed by atoms with Crippen molar-refractivity contribution in [3.05, 3.63) is 94.0 Å². The zero-order valence-electron chi connectivity index (χ0n) is 19.0. The third kappa shape index (κ3) is 4.43. The van der Waals surface area contributed by atoms with Crippen molar-refractivity contribution in [3.63, 3.8) is 0 Å². The summed E-state index contributed by atoms with van der Waals surface area (Å²) >= 11 is 3.41. The lowest BCUT2D eigenvalue weighted by Gasteiger charge is -2.25. The van der Waals surface area contributed by atoms with E-state index >= 15 is 0 Å². The monoisotopic (exact) mass is 521 g/mol. The van der Waals surface area contributed by atoms with Crippen LogP contribution in [-0.2, 0) is 9.59 Å². The minimum Gasteiger partial charge on any atom is -0.507 e. The van der Waals surface area contributed by atoms with Crippen molar-refractivity contribution in [2.24, 2.45) is 0 Å². The van der Waals surface area contributed by atoms with E-state index in [9.17, 15) is 14.7 Å². The molecule has 0 saturated carbocycles. The van der Waals surface area contributed by atoms with Crippen molar-refractivity contribution >= 4 is 39.1 Å². The fourth-order valence-corrected chi connectivity index (χ4v) is 4.51. The summed E-state index contributed by atoms with van der Waals surface area (Å²) in [6.07, 6.45) is 0.00863. The second kappa shape index (κ2) is 9.73. The molecule has 7 heteroatoms. The summed E-state index contributed by atoms with van der Waals surface area (Å²) in [5, 5.41) is 11.3. The van der Waals surface area contributed by atoms with Crippen molar-refractivity contribution in [2.75, 3.05) is 12.0 Å². The Labute approximate surface area is 206 Å². The van der Waals surface area contributed by atoms with Gasteiger partial charge in [0.1, 0.15) is 17.3 Å². The van der Waals surface area contributed by atoms with Crippen LogP contribution >= 0.6 is 15.9 Å². The first-order valence-corrected chi connectivity index (χ1v) is 11.6. The number of Topliss-reactive ketones (excluding diaryl/α,β-unsaturated/α-hetero) is 1. The van der Waals surface area contributed by atoms with E-state index < -0.39 is 17.7 Å². The Balaban J connectivity index is 1.88. The van der Waals surface area contributed by atoms with Crippen LogP contribution in [0.25, 0.3) is 5.76 Å². The topological polar surface area (TPSA) is 76.1 Å². The average Bonchev–Trinajstić information content (AvgIpc) is 3.09. The number of carbonyl (C=O) groups excluding carboxylic acids is 2. The molecule has 6 nitrogen and oxygen atoms in total. The molecule has 1 saturated heterocycles. The molecule has 1 aliphatic rings. The van der Waals surface area contributed by atoms with Gasteiger partial charge in [0.05, 0.1) is 29.3 Å². The molecular weight excluding hydrogens is 498 g/mol. The minimum atomic E-state index is -0.809. The first-order valence-electron chi connectivity index (χ1n) is 10.8. The zero-order chi connectivity index (χ0) is 24.4. The number of methoxy groups -OCH3 is 1. The van der Waals surface area contributed by atoms with Gasteiger partial charge in [0.25, 0.3) is 11.7 Å². The van der Waals surface area contributed by atoms with Crippen molar-refractivity contribution < 1.29 is 24.2 Å². The molecule has 1 fully saturated rings. The van der Waals surface area contributed by atoms with Gasteiger partial charge in [0.15, 0.2) is 0 Å². The molecule has 0 spiro atoms. The number of ether oxygens (including phenoxy) is 2. The fraction of sp³-hybridized carbons (Fsp3) is 0.185. The Morgan fingerprint density at radius 2 is 1.68 bits per heavy atom. The first kappa shape index (κ1) is 23.6. The molecule has 174 valence electrons. The van der Waals surface area contributed by atoms with Crippen molar-refractivity contribution in [3.8, 4) is 11.5 Å². The molecule has 0 aromatic heterocycles. The summed E-state index contributed by atoms with van der Waals surface area (Å²) in [7, 11) is 1.54. The van der Waals surface area contributed by atoms with Crippen LogP contribution in [0.15, 0.2) is 82.8 Å². The van der Waals surface area contributed by atoms with E-state index in [4.69, 9.17) is 9.47 Å². The number of amides is 1. The molecular formula is C27H24BrNO5. The number of ketones is 1. The van der Waals surface area contributed by atoms with E-state index in [1.807, 2.05) is 19.9 Å². The predicted octanol–water partition coefficient (Wildman–Crippen LogP) is 5.87. The summed E-state index contributed by atoms with van der Waals surface area (Å²) < 4.78 is 11.6. The Morgan fingerprint density at radius 3 is 2.26 bits per heavy atom. The first-order chi connectivity index (χ1) is 16.3. The van der Waals surface area contributed by atoms with Crippen molar-refractivity contribution in [2.45, 2.75) is 26.0 Å². The van der Waals surface area contributed by atoms with Gasteiger partial charge < -0.3 is 14.6 Å². The van der Waals surface area contributed by atoms with Crippen LogP contribution in [0.1, 0.15) is 31.0 Å². The van der Waals surface area contributed by atoms with Crippen LogP contribution in [0, 0.1) is 0 Å². The maximum atomic E-state index is 13.2. The SMILES string of the molecule is COc1ccc(/C(O)=C2/C(=O)C(=O)N(c3ccccc3)C2c2ccc(OC(C)C)cc2)cc1Br. The Hall–Kier alpha value is -3.58. The number of anilines is 1. The molecule has 4 rings (SSSR count). The summed E-state index contributed by atoms with van der Waals surface area (Å²) in [5.74, 6) is -0.450. The molecule has 3 aromatic carbocycles. The lowest BCUT2D eigenvalue weighted by Crippen LogP contribution is -2.29. The van der Waals surface area contributed by atoms with Gasteiger partial charge in [-0.3, -0.25) is 14.5 Å². The van der Waals surface area contributed by atoms with Crippen LogP contribution in [0.3, 0.4) is 0 Å². The van der Waals surface area contributed by atoms with Gasteiger partial charge in [-0.25, -0.2) is 0 Å². The maximum absolute atomic E-state index is 13.2. The van der Waals surface area contributed by atoms with Gasteiger partial charge in [-0.15, -0.1) is 0 Å². The number of hydrogen-bond acceptors (Lipinski definition) is 5.